The number of hydrogen-bond donors (Lipinski definition) is 1. The van der Waals surface area contributed by atoms with Crippen molar-refractivity contribution in [2.45, 2.75) is 20.3 Å². The molecule has 0 bridgehead atoms. The predicted molar refractivity (Wildman–Crippen MR) is 73.7 cm³/mol. The summed E-state index contributed by atoms with van der Waals surface area (Å²) in [4.78, 5) is 0. The van der Waals surface area contributed by atoms with Crippen LogP contribution < -0.4 is 4.74 Å². The van der Waals surface area contributed by atoms with Crippen molar-refractivity contribution < 1.29 is 9.84 Å². The Morgan fingerprint density at radius 2 is 2.12 bits per heavy atom. The van der Waals surface area contributed by atoms with E-state index in [1.54, 1.807) is 0 Å². The summed E-state index contributed by atoms with van der Waals surface area (Å²) >= 11 is 6.52. The van der Waals surface area contributed by atoms with Gasteiger partial charge in [-0.3, -0.25) is 0 Å². The zero-order valence-electron chi connectivity index (χ0n) is 9.26. The highest BCUT2D eigenvalue weighted by atomic mass is 79.9. The molecule has 0 aliphatic rings. The molecule has 0 saturated carbocycles. The summed E-state index contributed by atoms with van der Waals surface area (Å²) in [6.45, 7) is 4.37. The van der Waals surface area contributed by atoms with E-state index in [0.29, 0.717) is 12.4 Å². The van der Waals surface area contributed by atoms with Crippen LogP contribution in [0.15, 0.2) is 21.6 Å². The van der Waals surface area contributed by atoms with E-state index in [9.17, 15) is 5.11 Å². The molecule has 1 rings (SSSR count). The second kappa shape index (κ2) is 6.30. The number of phenols is 1. The van der Waals surface area contributed by atoms with Gasteiger partial charge in [0.05, 0.1) is 3.39 Å². The Hall–Kier alpha value is -0.480. The first-order chi connectivity index (χ1) is 7.54. The van der Waals surface area contributed by atoms with Gasteiger partial charge in [0.1, 0.15) is 18.1 Å². The van der Waals surface area contributed by atoms with Crippen LogP contribution in [0, 0.1) is 6.92 Å². The topological polar surface area (TPSA) is 29.5 Å². The van der Waals surface area contributed by atoms with Crippen molar-refractivity contribution in [2.24, 2.45) is 0 Å². The van der Waals surface area contributed by atoms with Crippen LogP contribution in [0.2, 0.25) is 0 Å². The molecule has 88 valence electrons. The summed E-state index contributed by atoms with van der Waals surface area (Å²) < 4.78 is 6.41. The molecule has 0 amide bonds. The fraction of sp³-hybridized carbons (Fsp3) is 0.333. The van der Waals surface area contributed by atoms with E-state index in [2.05, 4.69) is 31.9 Å². The third kappa shape index (κ3) is 3.83. The van der Waals surface area contributed by atoms with Gasteiger partial charge in [0.25, 0.3) is 0 Å². The average molecular weight is 350 g/mol. The van der Waals surface area contributed by atoms with Gasteiger partial charge in [-0.1, -0.05) is 6.92 Å². The first kappa shape index (κ1) is 13.6. The number of benzene rings is 1. The molecule has 0 radical (unpaired) electrons. The van der Waals surface area contributed by atoms with Crippen LogP contribution in [-0.4, -0.2) is 11.7 Å². The number of aryl methyl sites for hydroxylation is 2. The van der Waals surface area contributed by atoms with Crippen LogP contribution in [0.3, 0.4) is 0 Å². The number of phenolic OH excluding ortho intramolecular Hbond substituents is 1. The highest BCUT2D eigenvalue weighted by molar-refractivity contribution is 9.28. The van der Waals surface area contributed by atoms with Gasteiger partial charge < -0.3 is 9.84 Å². The van der Waals surface area contributed by atoms with Crippen molar-refractivity contribution in [1.29, 1.82) is 0 Å². The number of halogens is 2. The van der Waals surface area contributed by atoms with Gasteiger partial charge in [0, 0.05) is 0 Å². The average Bonchev–Trinajstić information content (AvgIpc) is 2.22. The fourth-order valence-electron chi connectivity index (χ4n) is 1.37. The highest BCUT2D eigenvalue weighted by Gasteiger charge is 2.05. The normalized spacial score (nSPS) is 10.0. The Balaban J connectivity index is 2.82. The molecular weight excluding hydrogens is 336 g/mol. The molecule has 1 N–H and O–H groups in total. The number of aromatic hydroxyl groups is 1. The van der Waals surface area contributed by atoms with Crippen molar-refractivity contribution in [3.05, 3.63) is 32.7 Å². The molecular formula is C12H14Br2O2. The van der Waals surface area contributed by atoms with Gasteiger partial charge in [-0.25, -0.2) is 0 Å². The Bertz CT molecular complexity index is 396. The lowest BCUT2D eigenvalue weighted by Crippen LogP contribution is -1.96. The minimum atomic E-state index is 0.368. The molecule has 4 heteroatoms. The van der Waals surface area contributed by atoms with Crippen LogP contribution in [0.5, 0.6) is 11.5 Å². The quantitative estimate of drug-likeness (QED) is 0.879. The van der Waals surface area contributed by atoms with E-state index >= 15 is 0 Å². The fourth-order valence-corrected chi connectivity index (χ4v) is 1.63. The van der Waals surface area contributed by atoms with Gasteiger partial charge in [0.15, 0.2) is 0 Å². The van der Waals surface area contributed by atoms with Crippen LogP contribution in [0.4, 0.5) is 0 Å². The van der Waals surface area contributed by atoms with Gasteiger partial charge in [-0.2, -0.15) is 0 Å². The molecule has 0 spiro atoms. The third-order valence-corrected chi connectivity index (χ3v) is 2.87. The molecule has 0 aromatic heterocycles. The lowest BCUT2D eigenvalue weighted by molar-refractivity contribution is 0.360. The second-order valence-electron chi connectivity index (χ2n) is 3.41. The molecule has 0 aliphatic carbocycles. The zero-order valence-corrected chi connectivity index (χ0v) is 12.4. The first-order valence-electron chi connectivity index (χ1n) is 5.01. The molecule has 0 saturated heterocycles. The molecule has 0 heterocycles. The summed E-state index contributed by atoms with van der Waals surface area (Å²) in [5.41, 5.74) is 1.76. The zero-order chi connectivity index (χ0) is 12.1. The second-order valence-corrected chi connectivity index (χ2v) is 6.18. The van der Waals surface area contributed by atoms with Gasteiger partial charge >= 0.3 is 0 Å². The lowest BCUT2D eigenvalue weighted by Gasteiger charge is -2.09. The van der Waals surface area contributed by atoms with Crippen molar-refractivity contribution in [1.82, 2.24) is 0 Å². The summed E-state index contributed by atoms with van der Waals surface area (Å²) in [7, 11) is 0. The van der Waals surface area contributed by atoms with E-state index in [-0.39, 0.29) is 0 Å². The van der Waals surface area contributed by atoms with E-state index in [1.165, 1.54) is 0 Å². The third-order valence-electron chi connectivity index (χ3n) is 2.22. The SMILES string of the molecule is CCc1cc(OCC=C(Br)Br)cc(C)c1O. The van der Waals surface area contributed by atoms with E-state index in [1.807, 2.05) is 32.1 Å². The summed E-state index contributed by atoms with van der Waals surface area (Å²) in [5.74, 6) is 1.15. The minimum absolute atomic E-state index is 0.368. The maximum atomic E-state index is 9.75. The van der Waals surface area contributed by atoms with Crippen LogP contribution in [0.1, 0.15) is 18.1 Å². The molecule has 0 atom stereocenters. The van der Waals surface area contributed by atoms with Crippen LogP contribution >= 0.6 is 31.9 Å². The van der Waals surface area contributed by atoms with E-state index < -0.39 is 0 Å². The molecule has 0 aliphatic heterocycles. The number of rotatable bonds is 4. The van der Waals surface area contributed by atoms with E-state index in [0.717, 1.165) is 26.7 Å². The maximum Gasteiger partial charge on any atom is 0.121 e. The van der Waals surface area contributed by atoms with Crippen LogP contribution in [0.25, 0.3) is 0 Å². The highest BCUT2D eigenvalue weighted by Crippen LogP contribution is 2.28. The van der Waals surface area contributed by atoms with Crippen molar-refractivity contribution in [3.8, 4) is 11.5 Å². The molecule has 0 unspecified atom stereocenters. The van der Waals surface area contributed by atoms with Gasteiger partial charge in [-0.05, 0) is 74.5 Å². The molecule has 1 aromatic rings. The van der Waals surface area contributed by atoms with Crippen molar-refractivity contribution in [2.75, 3.05) is 6.61 Å². The Kier molecular flexibility index (Phi) is 5.35. The van der Waals surface area contributed by atoms with Gasteiger partial charge in [-0.15, -0.1) is 0 Å². The standard InChI is InChI=1S/C12H14Br2O2/c1-3-9-7-10(6-8(2)12(9)15)16-5-4-11(13)14/h4,6-7,15H,3,5H2,1-2H3. The Morgan fingerprint density at radius 1 is 1.44 bits per heavy atom. The molecule has 1 aromatic carbocycles. The van der Waals surface area contributed by atoms with Gasteiger partial charge in [0.2, 0.25) is 0 Å². The number of hydrogen-bond acceptors (Lipinski definition) is 2. The maximum absolute atomic E-state index is 9.75. The predicted octanol–water partition coefficient (Wildman–Crippen LogP) is 4.27. The summed E-state index contributed by atoms with van der Waals surface area (Å²) in [6, 6.07) is 3.71. The lowest BCUT2D eigenvalue weighted by atomic mass is 10.1. The van der Waals surface area contributed by atoms with Crippen LogP contribution in [-0.2, 0) is 6.42 Å². The number of ether oxygens (including phenoxy) is 1. The summed E-state index contributed by atoms with van der Waals surface area (Å²) in [6.07, 6.45) is 2.66. The van der Waals surface area contributed by atoms with Crippen molar-refractivity contribution >= 4 is 31.9 Å². The van der Waals surface area contributed by atoms with E-state index in [4.69, 9.17) is 4.74 Å². The Morgan fingerprint density at radius 3 is 2.69 bits per heavy atom. The molecule has 2 nitrogen and oxygen atoms in total. The smallest absolute Gasteiger partial charge is 0.121 e. The van der Waals surface area contributed by atoms with Crippen molar-refractivity contribution in [3.63, 3.8) is 0 Å². The summed E-state index contributed by atoms with van der Waals surface area (Å²) in [5, 5.41) is 9.75. The molecule has 16 heavy (non-hydrogen) atoms. The Labute approximate surface area is 113 Å². The molecule has 0 fully saturated rings. The largest absolute Gasteiger partial charge is 0.507 e. The monoisotopic (exact) mass is 348 g/mol. The minimum Gasteiger partial charge on any atom is -0.507 e. The first-order valence-corrected chi connectivity index (χ1v) is 6.59.